The van der Waals surface area contributed by atoms with E-state index in [0.717, 1.165) is 18.4 Å². The third-order valence-electron chi connectivity index (χ3n) is 4.53. The van der Waals surface area contributed by atoms with E-state index >= 15 is 0 Å². The van der Waals surface area contributed by atoms with Gasteiger partial charge in [0.25, 0.3) is 0 Å². The van der Waals surface area contributed by atoms with Crippen LogP contribution in [0.2, 0.25) is 0 Å². The molecular formula is C22H22N2. The topological polar surface area (TPSA) is 27.0 Å². The molecule has 120 valence electrons. The summed E-state index contributed by atoms with van der Waals surface area (Å²) in [4.78, 5) is 2.11. The number of benzene rings is 2. The number of nitriles is 1. The summed E-state index contributed by atoms with van der Waals surface area (Å²) in [5, 5.41) is 8.75. The monoisotopic (exact) mass is 314 g/mol. The van der Waals surface area contributed by atoms with E-state index in [-0.39, 0.29) is 0 Å². The Hall–Kier alpha value is -2.79. The van der Waals surface area contributed by atoms with Gasteiger partial charge in [-0.05, 0) is 58.4 Å². The van der Waals surface area contributed by atoms with Gasteiger partial charge in [0.05, 0.1) is 6.07 Å². The standard InChI is InChI=1S/C22H22N2/c1-16-13-20(18-8-10-21(11-9-18)24(2)3)15-19-7-6-17(5-4-12-23)14-22(16)19/h6-11,13-14H,1,4-5,15H2,2-3H3. The van der Waals surface area contributed by atoms with Gasteiger partial charge in [0, 0.05) is 26.2 Å². The summed E-state index contributed by atoms with van der Waals surface area (Å²) < 4.78 is 0. The van der Waals surface area contributed by atoms with Crippen molar-refractivity contribution in [1.29, 1.82) is 5.26 Å². The Bertz CT molecular complexity index is 833. The molecule has 2 heteroatoms. The van der Waals surface area contributed by atoms with Crippen molar-refractivity contribution in [2.75, 3.05) is 19.0 Å². The van der Waals surface area contributed by atoms with Crippen molar-refractivity contribution < 1.29 is 0 Å². The molecule has 2 nitrogen and oxygen atoms in total. The summed E-state index contributed by atoms with van der Waals surface area (Å²) in [6.07, 6.45) is 4.49. The molecule has 3 rings (SSSR count). The number of fused-ring (bicyclic) bond motifs is 1. The lowest BCUT2D eigenvalue weighted by Gasteiger charge is -2.21. The molecule has 0 atom stereocenters. The average Bonchev–Trinajstić information content (AvgIpc) is 2.60. The first-order valence-electron chi connectivity index (χ1n) is 8.25. The highest BCUT2D eigenvalue weighted by Crippen LogP contribution is 2.34. The molecule has 0 fully saturated rings. The van der Waals surface area contributed by atoms with Crippen LogP contribution < -0.4 is 4.90 Å². The second kappa shape index (κ2) is 6.76. The first kappa shape index (κ1) is 16.1. The van der Waals surface area contributed by atoms with Gasteiger partial charge in [-0.15, -0.1) is 0 Å². The molecule has 2 aromatic carbocycles. The minimum Gasteiger partial charge on any atom is -0.378 e. The number of hydrogen-bond acceptors (Lipinski definition) is 2. The summed E-state index contributed by atoms with van der Waals surface area (Å²) in [6.45, 7) is 4.25. The van der Waals surface area contributed by atoms with Gasteiger partial charge in [0.2, 0.25) is 0 Å². The number of nitrogens with zero attached hydrogens (tertiary/aromatic N) is 2. The maximum Gasteiger partial charge on any atom is 0.0625 e. The van der Waals surface area contributed by atoms with Crippen molar-refractivity contribution in [2.24, 2.45) is 0 Å². The molecule has 0 spiro atoms. The van der Waals surface area contributed by atoms with Crippen molar-refractivity contribution in [3.05, 3.63) is 77.4 Å². The molecule has 0 heterocycles. The highest BCUT2D eigenvalue weighted by atomic mass is 15.1. The number of aryl methyl sites for hydroxylation is 1. The molecule has 24 heavy (non-hydrogen) atoms. The Balaban J connectivity index is 1.86. The van der Waals surface area contributed by atoms with Crippen LogP contribution in [0.5, 0.6) is 0 Å². The van der Waals surface area contributed by atoms with E-state index in [2.05, 4.69) is 80.2 Å². The fourth-order valence-corrected chi connectivity index (χ4v) is 3.14. The molecule has 0 unspecified atom stereocenters. The summed E-state index contributed by atoms with van der Waals surface area (Å²) in [6, 6.07) is 17.4. The molecule has 0 N–H and O–H groups in total. The molecule has 1 aliphatic carbocycles. The van der Waals surface area contributed by atoms with Crippen LogP contribution in [-0.4, -0.2) is 14.1 Å². The maximum absolute atomic E-state index is 8.75. The zero-order valence-corrected chi connectivity index (χ0v) is 14.3. The third-order valence-corrected chi connectivity index (χ3v) is 4.53. The summed E-state index contributed by atoms with van der Waals surface area (Å²) >= 11 is 0. The van der Waals surface area contributed by atoms with E-state index in [1.807, 2.05) is 0 Å². The maximum atomic E-state index is 8.75. The van der Waals surface area contributed by atoms with Crippen LogP contribution >= 0.6 is 0 Å². The Kier molecular flexibility index (Phi) is 4.53. The van der Waals surface area contributed by atoms with Crippen LogP contribution in [0.4, 0.5) is 5.69 Å². The normalized spacial score (nSPS) is 13.0. The van der Waals surface area contributed by atoms with E-state index in [9.17, 15) is 0 Å². The average molecular weight is 314 g/mol. The molecule has 0 amide bonds. The Labute approximate surface area is 144 Å². The Morgan fingerprint density at radius 3 is 2.54 bits per heavy atom. The highest BCUT2D eigenvalue weighted by Gasteiger charge is 2.15. The lowest BCUT2D eigenvalue weighted by molar-refractivity contribution is 1.01. The van der Waals surface area contributed by atoms with E-state index in [0.29, 0.717) is 6.42 Å². The van der Waals surface area contributed by atoms with Crippen molar-refractivity contribution in [2.45, 2.75) is 19.3 Å². The number of anilines is 1. The van der Waals surface area contributed by atoms with Gasteiger partial charge in [-0.25, -0.2) is 0 Å². The molecule has 1 aliphatic rings. The van der Waals surface area contributed by atoms with Crippen molar-refractivity contribution in [1.82, 2.24) is 0 Å². The van der Waals surface area contributed by atoms with Gasteiger partial charge in [0.1, 0.15) is 0 Å². The fourth-order valence-electron chi connectivity index (χ4n) is 3.14. The van der Waals surface area contributed by atoms with E-state index < -0.39 is 0 Å². The molecular weight excluding hydrogens is 292 g/mol. The summed E-state index contributed by atoms with van der Waals surface area (Å²) in [5.74, 6) is 0. The lowest BCUT2D eigenvalue weighted by atomic mass is 9.84. The van der Waals surface area contributed by atoms with Gasteiger partial charge in [-0.3, -0.25) is 0 Å². The van der Waals surface area contributed by atoms with Crippen LogP contribution in [0.1, 0.15) is 28.7 Å². The second-order valence-corrected chi connectivity index (χ2v) is 6.46. The SMILES string of the molecule is C=C1C=C(c2ccc(N(C)C)cc2)Cc2ccc(CCC#N)cc21. The van der Waals surface area contributed by atoms with Gasteiger partial charge in [-0.1, -0.05) is 43.0 Å². The number of hydrogen-bond donors (Lipinski definition) is 0. The summed E-state index contributed by atoms with van der Waals surface area (Å²) in [7, 11) is 4.10. The van der Waals surface area contributed by atoms with E-state index in [1.165, 1.54) is 33.5 Å². The summed E-state index contributed by atoms with van der Waals surface area (Å²) in [5.41, 5.74) is 8.57. The molecule has 0 aliphatic heterocycles. The quantitative estimate of drug-likeness (QED) is 0.805. The zero-order chi connectivity index (χ0) is 17.1. The molecule has 0 saturated carbocycles. The first-order chi connectivity index (χ1) is 11.6. The minimum atomic E-state index is 0.560. The van der Waals surface area contributed by atoms with Crippen LogP contribution in [0.25, 0.3) is 11.1 Å². The van der Waals surface area contributed by atoms with Gasteiger partial charge in [-0.2, -0.15) is 5.26 Å². The van der Waals surface area contributed by atoms with E-state index in [4.69, 9.17) is 5.26 Å². The van der Waals surface area contributed by atoms with Gasteiger partial charge < -0.3 is 4.90 Å². The van der Waals surface area contributed by atoms with Crippen molar-refractivity contribution in [3.8, 4) is 6.07 Å². The Morgan fingerprint density at radius 2 is 1.88 bits per heavy atom. The molecule has 0 saturated heterocycles. The lowest BCUT2D eigenvalue weighted by Crippen LogP contribution is -2.08. The van der Waals surface area contributed by atoms with Crippen LogP contribution in [-0.2, 0) is 12.8 Å². The molecule has 2 aromatic rings. The molecule has 0 aromatic heterocycles. The fraction of sp³-hybridized carbons (Fsp3) is 0.227. The van der Waals surface area contributed by atoms with Crippen LogP contribution in [0, 0.1) is 11.3 Å². The van der Waals surface area contributed by atoms with Gasteiger partial charge >= 0.3 is 0 Å². The predicted octanol–water partition coefficient (Wildman–Crippen LogP) is 4.86. The largest absolute Gasteiger partial charge is 0.378 e. The predicted molar refractivity (Wildman–Crippen MR) is 102 cm³/mol. The van der Waals surface area contributed by atoms with Crippen LogP contribution in [0.15, 0.2) is 55.1 Å². The van der Waals surface area contributed by atoms with Crippen LogP contribution in [0.3, 0.4) is 0 Å². The number of allylic oxidation sites excluding steroid dienone is 3. The van der Waals surface area contributed by atoms with Gasteiger partial charge in [0.15, 0.2) is 0 Å². The smallest absolute Gasteiger partial charge is 0.0625 e. The molecule has 0 bridgehead atoms. The Morgan fingerprint density at radius 1 is 1.12 bits per heavy atom. The second-order valence-electron chi connectivity index (χ2n) is 6.46. The molecule has 0 radical (unpaired) electrons. The van der Waals surface area contributed by atoms with Crippen molar-refractivity contribution in [3.63, 3.8) is 0 Å². The number of rotatable bonds is 4. The zero-order valence-electron chi connectivity index (χ0n) is 14.3. The third kappa shape index (κ3) is 3.26. The van der Waals surface area contributed by atoms with Crippen molar-refractivity contribution >= 4 is 16.8 Å². The minimum absolute atomic E-state index is 0.560. The van der Waals surface area contributed by atoms with E-state index in [1.54, 1.807) is 0 Å². The first-order valence-corrected chi connectivity index (χ1v) is 8.25. The highest BCUT2D eigenvalue weighted by molar-refractivity contribution is 5.89.